The SMILES string of the molecule is COc1ccc(C2=CN3C(=O)c4cc(OC)c(OCCCCCOc5cc6c(cc5OC)C(=O)N5CC7(CC7)C[C@H]5C(O)N6C(=O)OCc5ccc(NC(=O)C(C)NC(=O)C(N)C(C)C)cc5)cc4NC[C@@H]3C2)cc1. The Bertz CT molecular complexity index is 2830. The molecule has 4 aromatic rings. The number of aliphatic hydroxyl groups excluding tert-OH is 1. The minimum absolute atomic E-state index is 0.0529. The second kappa shape index (κ2) is 22.1. The Morgan fingerprint density at radius 3 is 2.12 bits per heavy atom. The van der Waals surface area contributed by atoms with Crippen LogP contribution in [0.4, 0.5) is 21.9 Å². The van der Waals surface area contributed by atoms with Crippen molar-refractivity contribution in [1.82, 2.24) is 15.1 Å². The molecule has 1 aliphatic carbocycles. The summed E-state index contributed by atoms with van der Waals surface area (Å²) in [6, 6.07) is 18.9. The molecular formula is C56H67N7O12. The van der Waals surface area contributed by atoms with Crippen LogP contribution < -0.4 is 50.3 Å². The molecule has 0 bridgehead atoms. The maximum Gasteiger partial charge on any atom is 0.416 e. The first-order valence-corrected chi connectivity index (χ1v) is 25.6. The number of rotatable bonds is 19. The van der Waals surface area contributed by atoms with Gasteiger partial charge in [-0.1, -0.05) is 38.1 Å². The van der Waals surface area contributed by atoms with Crippen molar-refractivity contribution in [1.29, 1.82) is 0 Å². The summed E-state index contributed by atoms with van der Waals surface area (Å²) in [7, 11) is 4.66. The molecule has 3 unspecified atom stereocenters. The zero-order chi connectivity index (χ0) is 53.1. The van der Waals surface area contributed by atoms with Crippen molar-refractivity contribution < 1.29 is 57.5 Å². The average molecular weight is 1030 g/mol. The lowest BCUT2D eigenvalue weighted by molar-refractivity contribution is -0.127. The van der Waals surface area contributed by atoms with E-state index in [0.29, 0.717) is 85.1 Å². The predicted molar refractivity (Wildman–Crippen MR) is 280 cm³/mol. The maximum absolute atomic E-state index is 14.3. The number of benzene rings is 4. The lowest BCUT2D eigenvalue weighted by atomic mass is 10.0. The highest BCUT2D eigenvalue weighted by molar-refractivity contribution is 6.06. The van der Waals surface area contributed by atoms with Gasteiger partial charge in [0.2, 0.25) is 11.8 Å². The quantitative estimate of drug-likeness (QED) is 0.0601. The van der Waals surface area contributed by atoms with Crippen molar-refractivity contribution in [3.63, 3.8) is 0 Å². The van der Waals surface area contributed by atoms with Gasteiger partial charge in [0.05, 0.1) is 75.2 Å². The number of fused-ring (bicyclic) bond motifs is 4. The summed E-state index contributed by atoms with van der Waals surface area (Å²) in [6.45, 7) is 6.71. The number of aliphatic hydroxyl groups is 1. The highest BCUT2D eigenvalue weighted by Crippen LogP contribution is 2.57. The fourth-order valence-corrected chi connectivity index (χ4v) is 10.2. The van der Waals surface area contributed by atoms with E-state index >= 15 is 0 Å². The van der Waals surface area contributed by atoms with Gasteiger partial charge < -0.3 is 65.0 Å². The number of anilines is 3. The number of nitrogens with zero attached hydrogens (tertiary/aromatic N) is 3. The highest BCUT2D eigenvalue weighted by Gasteiger charge is 2.58. The summed E-state index contributed by atoms with van der Waals surface area (Å²) >= 11 is 0. The van der Waals surface area contributed by atoms with Crippen LogP contribution >= 0.6 is 0 Å². The Balaban J connectivity index is 0.813. The van der Waals surface area contributed by atoms with E-state index < -0.39 is 42.3 Å². The molecule has 398 valence electrons. The largest absolute Gasteiger partial charge is 0.497 e. The summed E-state index contributed by atoms with van der Waals surface area (Å²) in [5, 5.41) is 20.9. The molecule has 19 nitrogen and oxygen atoms in total. The van der Waals surface area contributed by atoms with E-state index in [9.17, 15) is 29.1 Å². The Hall–Kier alpha value is -7.51. The van der Waals surface area contributed by atoms with Gasteiger partial charge in [0.25, 0.3) is 11.8 Å². The van der Waals surface area contributed by atoms with Gasteiger partial charge in [0.15, 0.2) is 29.2 Å². The van der Waals surface area contributed by atoms with Gasteiger partial charge in [-0.2, -0.15) is 0 Å². The van der Waals surface area contributed by atoms with Crippen LogP contribution in [0.15, 0.2) is 79.0 Å². The lowest BCUT2D eigenvalue weighted by Crippen LogP contribution is -2.50. The average Bonchev–Trinajstić information content (AvgIpc) is 3.95. The van der Waals surface area contributed by atoms with Gasteiger partial charge in [-0.25, -0.2) is 9.69 Å². The minimum Gasteiger partial charge on any atom is -0.497 e. The molecular weight excluding hydrogens is 963 g/mol. The van der Waals surface area contributed by atoms with Crippen LogP contribution in [0.5, 0.6) is 28.7 Å². The minimum atomic E-state index is -1.41. The van der Waals surface area contributed by atoms with Crippen LogP contribution in [0.25, 0.3) is 5.57 Å². The van der Waals surface area contributed by atoms with Gasteiger partial charge in [-0.3, -0.25) is 19.2 Å². The van der Waals surface area contributed by atoms with Crippen molar-refractivity contribution >= 4 is 52.4 Å². The van der Waals surface area contributed by atoms with Gasteiger partial charge in [0.1, 0.15) is 18.4 Å². The first-order valence-electron chi connectivity index (χ1n) is 25.6. The standard InChI is InChI=1S/C56H67N7O12/c1-32(2)49(57)51(65)59-33(3)50(64)60-37-14-10-34(11-15-37)30-75-55(69)63-43-26-48(46(72-6)24-41(43)53(67)62-31-56(18-19-56)27-44(62)54(63)68)74-21-9-7-8-20-73-47-25-42-40(23-45(47)71-5)52(66)61-29-36(22-38(61)28-58-42)35-12-16-39(70-4)17-13-35/h10-17,23-26,29,32-33,38,44,49,54,58,68H,7-9,18-22,27-28,30-31,57H2,1-6H3,(H,59,65)(H,60,64)/t33?,38-,44-,49?,54?/m0/s1. The van der Waals surface area contributed by atoms with Gasteiger partial charge in [0, 0.05) is 37.1 Å². The van der Waals surface area contributed by atoms with Crippen molar-refractivity contribution in [2.24, 2.45) is 17.1 Å². The van der Waals surface area contributed by atoms with E-state index in [1.807, 2.05) is 50.4 Å². The van der Waals surface area contributed by atoms with Crippen molar-refractivity contribution in [2.75, 3.05) is 63.2 Å². The topological polar surface area (TPSA) is 233 Å². The van der Waals surface area contributed by atoms with E-state index in [1.54, 1.807) is 73.4 Å². The molecule has 1 spiro atoms. The normalized spacial score (nSPS) is 19.8. The second-order valence-electron chi connectivity index (χ2n) is 20.4. The second-order valence-corrected chi connectivity index (χ2v) is 20.4. The Morgan fingerprint density at radius 1 is 0.813 bits per heavy atom. The zero-order valence-corrected chi connectivity index (χ0v) is 43.3. The number of unbranched alkanes of at least 4 members (excludes halogenated alkanes) is 2. The summed E-state index contributed by atoms with van der Waals surface area (Å²) in [6.07, 6.45) is 4.81. The first kappa shape index (κ1) is 52.4. The number of hydrogen-bond donors (Lipinski definition) is 5. The van der Waals surface area contributed by atoms with Crippen LogP contribution in [0.2, 0.25) is 0 Å². The van der Waals surface area contributed by atoms with E-state index in [0.717, 1.165) is 41.0 Å². The molecule has 5 amide bonds. The number of nitrogens with one attached hydrogen (secondary N) is 3. The molecule has 4 aliphatic heterocycles. The monoisotopic (exact) mass is 1030 g/mol. The van der Waals surface area contributed by atoms with E-state index in [-0.39, 0.29) is 59.4 Å². The molecule has 5 aliphatic rings. The van der Waals surface area contributed by atoms with Crippen LogP contribution in [-0.4, -0.2) is 123 Å². The number of nitrogens with two attached hydrogens (primary N) is 1. The van der Waals surface area contributed by atoms with Crippen molar-refractivity contribution in [3.05, 3.63) is 101 Å². The number of ether oxygens (including phenoxy) is 6. The predicted octanol–water partition coefficient (Wildman–Crippen LogP) is 6.92. The maximum atomic E-state index is 14.3. The lowest BCUT2D eigenvalue weighted by Gasteiger charge is -2.31. The molecule has 0 aromatic heterocycles. The Labute approximate surface area is 436 Å². The molecule has 4 aromatic carbocycles. The third kappa shape index (κ3) is 11.1. The number of methoxy groups -OCH3 is 3. The van der Waals surface area contributed by atoms with Crippen molar-refractivity contribution in [2.45, 2.75) is 103 Å². The molecule has 4 heterocycles. The van der Waals surface area contributed by atoms with Gasteiger partial charge >= 0.3 is 6.09 Å². The Morgan fingerprint density at radius 2 is 1.48 bits per heavy atom. The van der Waals surface area contributed by atoms with E-state index in [4.69, 9.17) is 34.2 Å². The Kier molecular flexibility index (Phi) is 15.5. The fraction of sp³-hybridized carbons (Fsp3) is 0.446. The fourth-order valence-electron chi connectivity index (χ4n) is 10.2. The molecule has 1 saturated carbocycles. The summed E-state index contributed by atoms with van der Waals surface area (Å²) in [4.78, 5) is 72.3. The molecule has 6 N–H and O–H groups in total. The number of carbonyl (C=O) groups is 5. The summed E-state index contributed by atoms with van der Waals surface area (Å²) in [5.41, 5.74) is 10.5. The van der Waals surface area contributed by atoms with Crippen LogP contribution in [0.1, 0.15) is 97.6 Å². The first-order chi connectivity index (χ1) is 36.1. The zero-order valence-electron chi connectivity index (χ0n) is 43.3. The number of hydrogen-bond acceptors (Lipinski definition) is 14. The third-order valence-corrected chi connectivity index (χ3v) is 14.9. The third-order valence-electron chi connectivity index (χ3n) is 14.9. The molecule has 9 rings (SSSR count). The van der Waals surface area contributed by atoms with Crippen LogP contribution in [-0.2, 0) is 20.9 Å². The smallest absolute Gasteiger partial charge is 0.416 e. The molecule has 19 heteroatoms. The van der Waals surface area contributed by atoms with Crippen LogP contribution in [0, 0.1) is 11.3 Å². The molecule has 0 radical (unpaired) electrons. The molecule has 2 fully saturated rings. The molecule has 5 atom stereocenters. The van der Waals surface area contributed by atoms with E-state index in [2.05, 4.69) is 16.0 Å². The number of carbonyl (C=O) groups excluding carboxylic acids is 5. The van der Waals surface area contributed by atoms with Crippen molar-refractivity contribution in [3.8, 4) is 28.7 Å². The summed E-state index contributed by atoms with van der Waals surface area (Å²) < 4.78 is 35.1. The molecule has 1 saturated heterocycles. The summed E-state index contributed by atoms with van der Waals surface area (Å²) in [5.74, 6) is 0.943. The van der Waals surface area contributed by atoms with Gasteiger partial charge in [-0.15, -0.1) is 0 Å². The van der Waals surface area contributed by atoms with E-state index in [1.165, 1.54) is 7.11 Å². The highest BCUT2D eigenvalue weighted by atomic mass is 16.6. The molecule has 75 heavy (non-hydrogen) atoms. The van der Waals surface area contributed by atoms with Gasteiger partial charge in [-0.05, 0) is 116 Å². The van der Waals surface area contributed by atoms with Crippen LogP contribution in [0.3, 0.4) is 0 Å². The number of amides is 5.